The van der Waals surface area contributed by atoms with Gasteiger partial charge in [-0.25, -0.2) is 4.39 Å². The Hall–Kier alpha value is 2.31. The highest BCUT2D eigenvalue weighted by molar-refractivity contribution is 6.66. The van der Waals surface area contributed by atoms with Crippen LogP contribution in [0.4, 0.5) is 4.39 Å². The molecule has 144 valence electrons. The number of halogens is 11. The topological polar surface area (TPSA) is 0 Å². The molecule has 0 aromatic heterocycles. The average Bonchev–Trinajstić information content (AvgIpc) is 2.99. The molecule has 1 fully saturated rings. The monoisotopic (exact) mass is 548 g/mol. The van der Waals surface area contributed by atoms with Crippen molar-refractivity contribution in [3.05, 3.63) is 22.2 Å². The summed E-state index contributed by atoms with van der Waals surface area (Å²) in [6, 6.07) is 0. The van der Waals surface area contributed by atoms with Crippen LogP contribution in [0.15, 0.2) is 22.2 Å². The lowest BCUT2D eigenvalue weighted by Gasteiger charge is -2.34. The Bertz CT molecular complexity index is 611. The smallest absolute Gasteiger partial charge is 0.167 e. The van der Waals surface area contributed by atoms with Gasteiger partial charge in [0.1, 0.15) is 20.8 Å². The highest BCUT2D eigenvalue weighted by Gasteiger charge is 2.83. The predicted octanol–water partition coefficient (Wildman–Crippen LogP) is 8.00. The lowest BCUT2D eigenvalue weighted by atomic mass is 9.84. The van der Waals surface area contributed by atoms with E-state index in [0.717, 1.165) is 0 Å². The van der Waals surface area contributed by atoms with E-state index in [1.165, 1.54) is 6.92 Å². The van der Waals surface area contributed by atoms with Crippen LogP contribution >= 0.6 is 116 Å². The van der Waals surface area contributed by atoms with E-state index in [0.29, 0.717) is 0 Å². The van der Waals surface area contributed by atoms with Crippen LogP contribution in [0.1, 0.15) is 6.92 Å². The third-order valence-electron chi connectivity index (χ3n) is 4.58. The molecule has 6 unspecified atom stereocenters. The van der Waals surface area contributed by atoms with Crippen molar-refractivity contribution in [2.75, 3.05) is 6.67 Å². The molecule has 11 heteroatoms. The molecule has 3 rings (SSSR count). The van der Waals surface area contributed by atoms with E-state index in [1.807, 2.05) is 12.2 Å². The average molecular weight is 553 g/mol. The highest BCUT2D eigenvalue weighted by atomic mass is 35.5. The van der Waals surface area contributed by atoms with Crippen LogP contribution in [0.3, 0.4) is 0 Å². The molecule has 0 aliphatic heterocycles. The van der Waals surface area contributed by atoms with Gasteiger partial charge in [-0.1, -0.05) is 58.6 Å². The van der Waals surface area contributed by atoms with Crippen LogP contribution in [-0.4, -0.2) is 35.8 Å². The SMILES string of the molecule is CC(Cl)(Cl)C(Cl)CF.ClC1=C(Cl)C2(Cl)C3C(Cl)C=CC3C1(Cl)C2(Cl)Cl. The van der Waals surface area contributed by atoms with Crippen molar-refractivity contribution in [3.63, 3.8) is 0 Å². The third-order valence-corrected chi connectivity index (χ3v) is 10.6. The van der Waals surface area contributed by atoms with Gasteiger partial charge in [0.2, 0.25) is 0 Å². The summed E-state index contributed by atoms with van der Waals surface area (Å²) in [5.41, 5.74) is 0. The van der Waals surface area contributed by atoms with Crippen molar-refractivity contribution >= 4 is 116 Å². The first-order valence-electron chi connectivity index (χ1n) is 6.91. The minimum atomic E-state index is -1.48. The minimum absolute atomic E-state index is 0.205. The summed E-state index contributed by atoms with van der Waals surface area (Å²) in [5, 5.41) is -0.701. The Morgan fingerprint density at radius 2 is 1.56 bits per heavy atom. The minimum Gasteiger partial charge on any atom is -0.249 e. The van der Waals surface area contributed by atoms with Crippen molar-refractivity contribution in [1.29, 1.82) is 0 Å². The molecule has 0 amide bonds. The first kappa shape index (κ1) is 23.6. The van der Waals surface area contributed by atoms with Crippen molar-refractivity contribution in [1.82, 2.24) is 0 Å². The zero-order valence-corrected chi connectivity index (χ0v) is 19.9. The van der Waals surface area contributed by atoms with Crippen LogP contribution in [0, 0.1) is 11.8 Å². The molecule has 25 heavy (non-hydrogen) atoms. The van der Waals surface area contributed by atoms with E-state index in [4.69, 9.17) is 116 Å². The molecule has 0 heterocycles. The Morgan fingerprint density at radius 3 is 1.96 bits per heavy atom. The lowest BCUT2D eigenvalue weighted by Crippen LogP contribution is -2.45. The molecule has 1 saturated carbocycles. The van der Waals surface area contributed by atoms with Crippen LogP contribution in [0.25, 0.3) is 0 Å². The van der Waals surface area contributed by atoms with Crippen molar-refractivity contribution in [2.24, 2.45) is 11.8 Å². The second-order valence-corrected chi connectivity index (χ2v) is 12.2. The van der Waals surface area contributed by atoms with Crippen LogP contribution < -0.4 is 0 Å². The molecular weight excluding hydrogens is 542 g/mol. The Labute approximate surface area is 195 Å². The molecular formula is C14H11Cl10F. The van der Waals surface area contributed by atoms with E-state index in [-0.39, 0.29) is 27.3 Å². The molecule has 0 radical (unpaired) electrons. The van der Waals surface area contributed by atoms with Crippen LogP contribution in [-0.2, 0) is 0 Å². The standard InChI is InChI=1S/C10H5Cl7.C4H6Cl3F/c11-4-2-1-3-5(4)9(15)7(13)6(12)8(3,14)10(9,16)17;1-4(6,7)3(5)2-8/h1-5H;3H,2H2,1H3. The molecule has 2 bridgehead atoms. The van der Waals surface area contributed by atoms with Gasteiger partial charge in [0, 0.05) is 11.8 Å². The molecule has 0 saturated heterocycles. The number of hydrogen-bond acceptors (Lipinski definition) is 0. The summed E-state index contributed by atoms with van der Waals surface area (Å²) in [6.07, 6.45) is 3.69. The van der Waals surface area contributed by atoms with Gasteiger partial charge in [-0.3, -0.25) is 0 Å². The van der Waals surface area contributed by atoms with Gasteiger partial charge in [-0.15, -0.1) is 69.6 Å². The summed E-state index contributed by atoms with van der Waals surface area (Å²) in [6.45, 7) is 0.748. The van der Waals surface area contributed by atoms with Crippen LogP contribution in [0.2, 0.25) is 0 Å². The van der Waals surface area contributed by atoms with Crippen LogP contribution in [0.5, 0.6) is 0 Å². The summed E-state index contributed by atoms with van der Waals surface area (Å²) >= 11 is 60.5. The predicted molar refractivity (Wildman–Crippen MR) is 112 cm³/mol. The molecule has 0 N–H and O–H groups in total. The first-order valence-corrected chi connectivity index (χ1v) is 10.8. The second-order valence-electron chi connectivity index (χ2n) is 6.08. The van der Waals surface area contributed by atoms with Gasteiger partial charge in [-0.05, 0) is 6.92 Å². The van der Waals surface area contributed by atoms with Gasteiger partial charge < -0.3 is 0 Å². The van der Waals surface area contributed by atoms with Gasteiger partial charge in [0.25, 0.3) is 0 Å². The zero-order valence-electron chi connectivity index (χ0n) is 12.3. The highest BCUT2D eigenvalue weighted by Crippen LogP contribution is 2.78. The summed E-state index contributed by atoms with van der Waals surface area (Å²) in [5.74, 6) is -0.470. The molecule has 0 aromatic carbocycles. The van der Waals surface area contributed by atoms with E-state index >= 15 is 0 Å². The fourth-order valence-corrected chi connectivity index (χ4v) is 6.85. The number of fused-ring (bicyclic) bond motifs is 5. The number of rotatable bonds is 2. The van der Waals surface area contributed by atoms with Gasteiger partial charge in [0.15, 0.2) is 4.33 Å². The molecule has 6 atom stereocenters. The maximum Gasteiger partial charge on any atom is 0.167 e. The summed E-state index contributed by atoms with van der Waals surface area (Å²) < 4.78 is 8.94. The van der Waals surface area contributed by atoms with Gasteiger partial charge >= 0.3 is 0 Å². The maximum absolute atomic E-state index is 11.6. The Kier molecular flexibility index (Phi) is 7.10. The maximum atomic E-state index is 11.6. The largest absolute Gasteiger partial charge is 0.249 e. The molecule has 0 nitrogen and oxygen atoms in total. The molecule has 0 aromatic rings. The number of hydrogen-bond donors (Lipinski definition) is 0. The van der Waals surface area contributed by atoms with Gasteiger partial charge in [-0.2, -0.15) is 0 Å². The molecule has 3 aliphatic carbocycles. The van der Waals surface area contributed by atoms with Crippen molar-refractivity contribution < 1.29 is 4.39 Å². The lowest BCUT2D eigenvalue weighted by molar-refractivity contribution is 0.420. The van der Waals surface area contributed by atoms with E-state index in [2.05, 4.69) is 0 Å². The Balaban J connectivity index is 0.000000242. The Morgan fingerprint density at radius 1 is 1.08 bits per heavy atom. The van der Waals surface area contributed by atoms with Gasteiger partial charge in [0.05, 0.1) is 20.8 Å². The second kappa shape index (κ2) is 7.53. The fraction of sp³-hybridized carbons (Fsp3) is 0.714. The van der Waals surface area contributed by atoms with E-state index in [9.17, 15) is 4.39 Å². The molecule has 3 aliphatic rings. The molecule has 0 spiro atoms. The number of alkyl halides is 9. The van der Waals surface area contributed by atoms with Crippen molar-refractivity contribution in [3.8, 4) is 0 Å². The first-order chi connectivity index (χ1) is 11.2. The third kappa shape index (κ3) is 3.24. The summed E-state index contributed by atoms with van der Waals surface area (Å²) in [4.78, 5) is -2.45. The quantitative estimate of drug-likeness (QED) is 0.241. The van der Waals surface area contributed by atoms with Crippen molar-refractivity contribution in [2.45, 2.75) is 36.1 Å². The van der Waals surface area contributed by atoms with E-state index in [1.54, 1.807) is 0 Å². The zero-order chi connectivity index (χ0) is 19.6. The van der Waals surface area contributed by atoms with E-state index < -0.39 is 30.5 Å². The summed E-state index contributed by atoms with van der Waals surface area (Å²) in [7, 11) is 0. The number of allylic oxidation sites excluding steroid dienone is 4. The normalized spacial score (nSPS) is 42.3. The fourth-order valence-electron chi connectivity index (χ4n) is 3.22.